The van der Waals surface area contributed by atoms with Crippen LogP contribution in [0.5, 0.6) is 5.75 Å². The summed E-state index contributed by atoms with van der Waals surface area (Å²) in [4.78, 5) is 0. The molecule has 0 radical (unpaired) electrons. The molecule has 1 fully saturated rings. The van der Waals surface area contributed by atoms with Gasteiger partial charge in [-0.1, -0.05) is 25.0 Å². The van der Waals surface area contributed by atoms with Crippen LogP contribution in [0.1, 0.15) is 51.1 Å². The molecule has 2 heteroatoms. The summed E-state index contributed by atoms with van der Waals surface area (Å²) in [6.45, 7) is 4.57. The Morgan fingerprint density at radius 2 is 1.72 bits per heavy atom. The zero-order chi connectivity index (χ0) is 13.0. The monoisotopic (exact) mass is 247 g/mol. The maximum Gasteiger partial charge on any atom is 0.118 e. The molecule has 18 heavy (non-hydrogen) atoms. The molecule has 0 aliphatic heterocycles. The molecule has 2 rings (SSSR count). The minimum atomic E-state index is 0.409. The van der Waals surface area contributed by atoms with E-state index >= 15 is 0 Å². The molecule has 0 bridgehead atoms. The molecule has 1 aliphatic carbocycles. The van der Waals surface area contributed by atoms with E-state index in [9.17, 15) is 0 Å². The zero-order valence-corrected chi connectivity index (χ0v) is 11.8. The molecule has 0 aromatic heterocycles. The van der Waals surface area contributed by atoms with Crippen LogP contribution in [-0.4, -0.2) is 13.2 Å². The van der Waals surface area contributed by atoms with Gasteiger partial charge >= 0.3 is 0 Å². The lowest BCUT2D eigenvalue weighted by molar-refractivity contribution is 0.352. The maximum absolute atomic E-state index is 5.19. The fourth-order valence-electron chi connectivity index (χ4n) is 2.98. The third-order valence-corrected chi connectivity index (χ3v) is 4.24. The van der Waals surface area contributed by atoms with Crippen LogP contribution in [0, 0.1) is 5.92 Å². The van der Waals surface area contributed by atoms with Crippen molar-refractivity contribution in [1.29, 1.82) is 0 Å². The van der Waals surface area contributed by atoms with Crippen molar-refractivity contribution in [1.82, 2.24) is 5.32 Å². The highest BCUT2D eigenvalue weighted by molar-refractivity contribution is 5.28. The van der Waals surface area contributed by atoms with Gasteiger partial charge < -0.3 is 10.1 Å². The fraction of sp³-hybridized carbons (Fsp3) is 0.625. The predicted octanol–water partition coefficient (Wildman–Crippen LogP) is 3.92. The molecule has 0 heterocycles. The minimum absolute atomic E-state index is 0.409. The number of ether oxygens (including phenoxy) is 1. The molecule has 1 aromatic rings. The molecule has 0 saturated heterocycles. The Bertz CT molecular complexity index is 354. The summed E-state index contributed by atoms with van der Waals surface area (Å²) in [5, 5.41) is 3.73. The van der Waals surface area contributed by atoms with Gasteiger partial charge in [-0.3, -0.25) is 0 Å². The summed E-state index contributed by atoms with van der Waals surface area (Å²) in [5.41, 5.74) is 1.33. The molecular weight excluding hydrogens is 222 g/mol. The van der Waals surface area contributed by atoms with E-state index in [1.54, 1.807) is 7.11 Å². The van der Waals surface area contributed by atoms with E-state index in [2.05, 4.69) is 31.3 Å². The highest BCUT2D eigenvalue weighted by Gasteiger charge is 2.22. The lowest BCUT2D eigenvalue weighted by atomic mass is 9.98. The van der Waals surface area contributed by atoms with Crippen molar-refractivity contribution >= 4 is 0 Å². The first-order valence-electron chi connectivity index (χ1n) is 7.10. The van der Waals surface area contributed by atoms with Crippen LogP contribution in [0.25, 0.3) is 0 Å². The Labute approximate surface area is 111 Å². The molecule has 0 spiro atoms. The van der Waals surface area contributed by atoms with Gasteiger partial charge in [-0.2, -0.15) is 0 Å². The number of hydrogen-bond donors (Lipinski definition) is 1. The van der Waals surface area contributed by atoms with Crippen LogP contribution < -0.4 is 10.1 Å². The van der Waals surface area contributed by atoms with E-state index in [1.807, 2.05) is 12.1 Å². The summed E-state index contributed by atoms with van der Waals surface area (Å²) >= 11 is 0. The first-order chi connectivity index (χ1) is 8.70. The van der Waals surface area contributed by atoms with E-state index < -0.39 is 0 Å². The van der Waals surface area contributed by atoms with Crippen LogP contribution in [0.15, 0.2) is 24.3 Å². The Morgan fingerprint density at radius 3 is 2.28 bits per heavy atom. The maximum atomic E-state index is 5.19. The second-order valence-corrected chi connectivity index (χ2v) is 5.49. The van der Waals surface area contributed by atoms with Crippen molar-refractivity contribution < 1.29 is 4.74 Å². The van der Waals surface area contributed by atoms with Gasteiger partial charge in [-0.05, 0) is 50.3 Å². The molecule has 2 atom stereocenters. The third-order valence-electron chi connectivity index (χ3n) is 4.24. The van der Waals surface area contributed by atoms with E-state index in [4.69, 9.17) is 4.74 Å². The number of benzene rings is 1. The fourth-order valence-corrected chi connectivity index (χ4v) is 2.98. The quantitative estimate of drug-likeness (QED) is 0.851. The largest absolute Gasteiger partial charge is 0.497 e. The Balaban J connectivity index is 1.91. The molecule has 1 saturated carbocycles. The first kappa shape index (κ1) is 13.4. The van der Waals surface area contributed by atoms with Gasteiger partial charge in [-0.25, -0.2) is 0 Å². The number of methoxy groups -OCH3 is 1. The Hall–Kier alpha value is -1.02. The topological polar surface area (TPSA) is 21.3 Å². The van der Waals surface area contributed by atoms with Gasteiger partial charge in [0.15, 0.2) is 0 Å². The molecule has 1 N–H and O–H groups in total. The molecular formula is C16H25NO. The number of nitrogens with one attached hydrogen (secondary N) is 1. The SMILES string of the molecule is COc1ccc(C(C)N[C@@H](C)C2CCCC2)cc1. The second-order valence-electron chi connectivity index (χ2n) is 5.49. The van der Waals surface area contributed by atoms with E-state index in [0.29, 0.717) is 12.1 Å². The van der Waals surface area contributed by atoms with Gasteiger partial charge in [0.05, 0.1) is 7.11 Å². The number of rotatable bonds is 5. The molecule has 2 nitrogen and oxygen atoms in total. The Kier molecular flexibility index (Phi) is 4.65. The van der Waals surface area contributed by atoms with Crippen molar-refractivity contribution in [2.24, 2.45) is 5.92 Å². The summed E-state index contributed by atoms with van der Waals surface area (Å²) in [7, 11) is 1.71. The van der Waals surface area contributed by atoms with E-state index in [-0.39, 0.29) is 0 Å². The smallest absolute Gasteiger partial charge is 0.118 e. The van der Waals surface area contributed by atoms with Gasteiger partial charge in [0.1, 0.15) is 5.75 Å². The van der Waals surface area contributed by atoms with E-state index in [1.165, 1.54) is 31.2 Å². The van der Waals surface area contributed by atoms with Gasteiger partial charge in [0.2, 0.25) is 0 Å². The molecule has 100 valence electrons. The summed E-state index contributed by atoms with van der Waals surface area (Å²) < 4.78 is 5.19. The van der Waals surface area contributed by atoms with Crippen molar-refractivity contribution in [3.8, 4) is 5.75 Å². The van der Waals surface area contributed by atoms with Crippen LogP contribution >= 0.6 is 0 Å². The van der Waals surface area contributed by atoms with Gasteiger partial charge in [0, 0.05) is 12.1 Å². The lowest BCUT2D eigenvalue weighted by Crippen LogP contribution is -2.34. The molecule has 1 aromatic carbocycles. The second kappa shape index (κ2) is 6.24. The lowest BCUT2D eigenvalue weighted by Gasteiger charge is -2.25. The van der Waals surface area contributed by atoms with Gasteiger partial charge in [0.25, 0.3) is 0 Å². The van der Waals surface area contributed by atoms with Crippen molar-refractivity contribution in [3.05, 3.63) is 29.8 Å². The van der Waals surface area contributed by atoms with Crippen LogP contribution in [0.3, 0.4) is 0 Å². The Morgan fingerprint density at radius 1 is 1.11 bits per heavy atom. The zero-order valence-electron chi connectivity index (χ0n) is 11.8. The first-order valence-corrected chi connectivity index (χ1v) is 7.10. The van der Waals surface area contributed by atoms with Gasteiger partial charge in [-0.15, -0.1) is 0 Å². The molecule has 1 unspecified atom stereocenters. The average Bonchev–Trinajstić information content (AvgIpc) is 2.92. The third kappa shape index (κ3) is 3.26. The van der Waals surface area contributed by atoms with Crippen LogP contribution in [0.2, 0.25) is 0 Å². The normalized spacial score (nSPS) is 19.7. The van der Waals surface area contributed by atoms with Crippen molar-refractivity contribution in [3.63, 3.8) is 0 Å². The highest BCUT2D eigenvalue weighted by atomic mass is 16.5. The summed E-state index contributed by atoms with van der Waals surface area (Å²) in [6.07, 6.45) is 5.61. The molecule has 1 aliphatic rings. The van der Waals surface area contributed by atoms with Crippen LogP contribution in [0.4, 0.5) is 0 Å². The molecule has 0 amide bonds. The standard InChI is InChI=1S/C16H25NO/c1-12(14-6-4-5-7-14)17-13(2)15-8-10-16(18-3)11-9-15/h8-14,17H,4-7H2,1-3H3/t12-,13?/m0/s1. The predicted molar refractivity (Wildman–Crippen MR) is 76.0 cm³/mol. The summed E-state index contributed by atoms with van der Waals surface area (Å²) in [5.74, 6) is 1.79. The van der Waals surface area contributed by atoms with E-state index in [0.717, 1.165) is 11.7 Å². The number of hydrogen-bond acceptors (Lipinski definition) is 2. The van der Waals surface area contributed by atoms with Crippen LogP contribution in [-0.2, 0) is 0 Å². The minimum Gasteiger partial charge on any atom is -0.497 e. The highest BCUT2D eigenvalue weighted by Crippen LogP contribution is 2.29. The van der Waals surface area contributed by atoms with Crippen molar-refractivity contribution in [2.75, 3.05) is 7.11 Å². The van der Waals surface area contributed by atoms with Crippen molar-refractivity contribution in [2.45, 2.75) is 51.6 Å². The average molecular weight is 247 g/mol. The summed E-state index contributed by atoms with van der Waals surface area (Å²) in [6, 6.07) is 9.40.